The fourth-order valence-electron chi connectivity index (χ4n) is 3.39. The first-order valence-corrected chi connectivity index (χ1v) is 11.3. The fraction of sp³-hybridized carbons (Fsp3) is 0.174. The van der Waals surface area contributed by atoms with Crippen LogP contribution in [0.1, 0.15) is 21.5 Å². The second kappa shape index (κ2) is 9.05. The van der Waals surface area contributed by atoms with Gasteiger partial charge in [0.15, 0.2) is 0 Å². The van der Waals surface area contributed by atoms with Crippen molar-refractivity contribution >= 4 is 15.9 Å². The van der Waals surface area contributed by atoms with Gasteiger partial charge in [-0.25, -0.2) is 17.2 Å². The number of carbonyl (C=O) groups excluding carboxylic acids is 1. The summed E-state index contributed by atoms with van der Waals surface area (Å²) in [4.78, 5) is 12.6. The number of hydrogen-bond donors (Lipinski definition) is 1. The summed E-state index contributed by atoms with van der Waals surface area (Å²) in [5.41, 5.74) is 1.17. The molecular weight excluding hydrogens is 438 g/mol. The Labute approximate surface area is 184 Å². The minimum absolute atomic E-state index is 0.0104. The number of ether oxygens (including phenoxy) is 1. The zero-order valence-electron chi connectivity index (χ0n) is 16.9. The minimum atomic E-state index is -3.88. The van der Waals surface area contributed by atoms with Gasteiger partial charge in [0.25, 0.3) is 5.91 Å². The van der Waals surface area contributed by atoms with E-state index in [1.54, 1.807) is 36.4 Å². The van der Waals surface area contributed by atoms with Crippen LogP contribution in [0.3, 0.4) is 0 Å². The molecule has 1 amide bonds. The Balaban J connectivity index is 1.54. The number of nitrogens with zero attached hydrogens (tertiary/aromatic N) is 1. The zero-order valence-corrected chi connectivity index (χ0v) is 17.7. The quantitative estimate of drug-likeness (QED) is 0.635. The van der Waals surface area contributed by atoms with Crippen molar-refractivity contribution in [3.05, 3.63) is 95.1 Å². The Morgan fingerprint density at radius 3 is 2.53 bits per heavy atom. The fourth-order valence-corrected chi connectivity index (χ4v) is 4.79. The topological polar surface area (TPSA) is 75.7 Å². The number of carbonyl (C=O) groups is 1. The molecule has 6 nitrogen and oxygen atoms in total. The maximum absolute atomic E-state index is 13.8. The highest BCUT2D eigenvalue weighted by atomic mass is 32.2. The van der Waals surface area contributed by atoms with E-state index in [-0.39, 0.29) is 31.1 Å². The minimum Gasteiger partial charge on any atom is -0.492 e. The number of sulfonamides is 1. The molecule has 1 aliphatic rings. The lowest BCUT2D eigenvalue weighted by molar-refractivity contribution is 0.0950. The summed E-state index contributed by atoms with van der Waals surface area (Å²) in [6.07, 6.45) is 0. The second-order valence-electron chi connectivity index (χ2n) is 7.24. The van der Waals surface area contributed by atoms with E-state index in [1.807, 2.05) is 0 Å². The molecule has 0 radical (unpaired) electrons. The van der Waals surface area contributed by atoms with E-state index in [0.717, 1.165) is 12.1 Å². The van der Waals surface area contributed by atoms with Gasteiger partial charge in [-0.1, -0.05) is 18.2 Å². The van der Waals surface area contributed by atoms with Crippen molar-refractivity contribution in [2.45, 2.75) is 18.0 Å². The van der Waals surface area contributed by atoms with Crippen LogP contribution in [0.4, 0.5) is 8.78 Å². The first kappa shape index (κ1) is 21.9. The SMILES string of the molecule is O=C(NCc1ccccc1F)c1ccc2c(c1)CN(S(=O)(=O)c1ccc(F)cc1)CCO2. The second-order valence-corrected chi connectivity index (χ2v) is 9.18. The molecule has 0 atom stereocenters. The van der Waals surface area contributed by atoms with Crippen LogP contribution in [-0.2, 0) is 23.1 Å². The smallest absolute Gasteiger partial charge is 0.251 e. The molecular formula is C23H20F2N2O4S. The van der Waals surface area contributed by atoms with E-state index in [4.69, 9.17) is 4.74 Å². The highest BCUT2D eigenvalue weighted by molar-refractivity contribution is 7.89. The van der Waals surface area contributed by atoms with Crippen molar-refractivity contribution in [3.8, 4) is 5.75 Å². The van der Waals surface area contributed by atoms with Gasteiger partial charge >= 0.3 is 0 Å². The Bertz CT molecular complexity index is 1250. The van der Waals surface area contributed by atoms with Crippen LogP contribution in [0.25, 0.3) is 0 Å². The highest BCUT2D eigenvalue weighted by Gasteiger charge is 2.28. The molecule has 4 rings (SSSR count). The van der Waals surface area contributed by atoms with Gasteiger partial charge in [-0.3, -0.25) is 4.79 Å². The summed E-state index contributed by atoms with van der Waals surface area (Å²) < 4.78 is 59.9. The third-order valence-electron chi connectivity index (χ3n) is 5.12. The molecule has 3 aromatic carbocycles. The van der Waals surface area contributed by atoms with Crippen LogP contribution in [0.2, 0.25) is 0 Å². The van der Waals surface area contributed by atoms with Crippen LogP contribution < -0.4 is 10.1 Å². The average molecular weight is 458 g/mol. The van der Waals surface area contributed by atoms with Crippen LogP contribution in [0.5, 0.6) is 5.75 Å². The molecule has 32 heavy (non-hydrogen) atoms. The van der Waals surface area contributed by atoms with E-state index in [0.29, 0.717) is 22.4 Å². The average Bonchev–Trinajstić information content (AvgIpc) is 3.01. The van der Waals surface area contributed by atoms with Crippen molar-refractivity contribution in [2.24, 2.45) is 0 Å². The number of fused-ring (bicyclic) bond motifs is 1. The summed E-state index contributed by atoms with van der Waals surface area (Å²) in [6, 6.07) is 15.5. The lowest BCUT2D eigenvalue weighted by Crippen LogP contribution is -2.32. The Morgan fingerprint density at radius 2 is 1.78 bits per heavy atom. The van der Waals surface area contributed by atoms with Crippen LogP contribution in [0, 0.1) is 11.6 Å². The first-order chi connectivity index (χ1) is 15.3. The molecule has 0 spiro atoms. The molecule has 1 heterocycles. The lowest BCUT2D eigenvalue weighted by atomic mass is 10.1. The number of nitrogens with one attached hydrogen (secondary N) is 1. The van der Waals surface area contributed by atoms with Crippen molar-refractivity contribution in [2.75, 3.05) is 13.2 Å². The van der Waals surface area contributed by atoms with E-state index in [2.05, 4.69) is 5.32 Å². The van der Waals surface area contributed by atoms with Crippen LogP contribution in [-0.4, -0.2) is 31.8 Å². The van der Waals surface area contributed by atoms with E-state index in [9.17, 15) is 22.0 Å². The first-order valence-electron chi connectivity index (χ1n) is 9.87. The third kappa shape index (κ3) is 4.63. The van der Waals surface area contributed by atoms with Gasteiger partial charge < -0.3 is 10.1 Å². The Kier molecular flexibility index (Phi) is 6.20. The van der Waals surface area contributed by atoms with E-state index < -0.39 is 27.6 Å². The van der Waals surface area contributed by atoms with Gasteiger partial charge in [0.05, 0.1) is 4.90 Å². The van der Waals surface area contributed by atoms with Crippen molar-refractivity contribution in [1.82, 2.24) is 9.62 Å². The van der Waals surface area contributed by atoms with Gasteiger partial charge in [-0.2, -0.15) is 4.31 Å². The Morgan fingerprint density at radius 1 is 1.03 bits per heavy atom. The van der Waals surface area contributed by atoms with E-state index >= 15 is 0 Å². The number of hydrogen-bond acceptors (Lipinski definition) is 4. The third-order valence-corrected chi connectivity index (χ3v) is 6.98. The molecule has 0 aromatic heterocycles. The van der Waals surface area contributed by atoms with Gasteiger partial charge in [0, 0.05) is 36.3 Å². The molecule has 0 saturated heterocycles. The molecule has 0 unspecified atom stereocenters. The molecule has 166 valence electrons. The standard InChI is InChI=1S/C23H20F2N2O4S/c24-19-6-8-20(9-7-19)32(29,30)27-11-12-31-22-10-5-16(13-18(22)15-27)23(28)26-14-17-3-1-2-4-21(17)25/h1-10,13H,11-12,14-15H2,(H,26,28). The molecule has 9 heteroatoms. The largest absolute Gasteiger partial charge is 0.492 e. The van der Waals surface area contributed by atoms with Gasteiger partial charge in [0.2, 0.25) is 10.0 Å². The number of halogens is 2. The highest BCUT2D eigenvalue weighted by Crippen LogP contribution is 2.28. The van der Waals surface area contributed by atoms with Crippen molar-refractivity contribution < 1.29 is 26.7 Å². The van der Waals surface area contributed by atoms with Gasteiger partial charge in [-0.15, -0.1) is 0 Å². The summed E-state index contributed by atoms with van der Waals surface area (Å²) >= 11 is 0. The monoisotopic (exact) mass is 458 g/mol. The normalized spacial score (nSPS) is 14.2. The maximum atomic E-state index is 13.8. The molecule has 0 fully saturated rings. The maximum Gasteiger partial charge on any atom is 0.251 e. The molecule has 0 bridgehead atoms. The summed E-state index contributed by atoms with van der Waals surface area (Å²) in [5.74, 6) is -0.884. The van der Waals surface area contributed by atoms with Gasteiger partial charge in [-0.05, 0) is 48.5 Å². The van der Waals surface area contributed by atoms with Crippen molar-refractivity contribution in [3.63, 3.8) is 0 Å². The van der Waals surface area contributed by atoms with Gasteiger partial charge in [0.1, 0.15) is 24.0 Å². The zero-order chi connectivity index (χ0) is 22.7. The Hall–Kier alpha value is -3.30. The van der Waals surface area contributed by atoms with Crippen LogP contribution in [0.15, 0.2) is 71.6 Å². The molecule has 0 aliphatic carbocycles. The summed E-state index contributed by atoms with van der Waals surface area (Å²) in [7, 11) is -3.88. The van der Waals surface area contributed by atoms with Crippen LogP contribution >= 0.6 is 0 Å². The predicted molar refractivity (Wildman–Crippen MR) is 114 cm³/mol. The molecule has 1 N–H and O–H groups in total. The molecule has 0 saturated carbocycles. The number of rotatable bonds is 5. The summed E-state index contributed by atoms with van der Waals surface area (Å²) in [6.45, 7) is 0.239. The number of benzene rings is 3. The number of amides is 1. The molecule has 1 aliphatic heterocycles. The predicted octanol–water partition coefficient (Wildman–Crippen LogP) is 3.48. The lowest BCUT2D eigenvalue weighted by Gasteiger charge is -2.19. The van der Waals surface area contributed by atoms with E-state index in [1.165, 1.54) is 22.5 Å². The van der Waals surface area contributed by atoms with Crippen molar-refractivity contribution in [1.29, 1.82) is 0 Å². The summed E-state index contributed by atoms with van der Waals surface area (Å²) in [5, 5.41) is 2.66. The molecule has 3 aromatic rings.